The third-order valence-corrected chi connectivity index (χ3v) is 5.84. The fraction of sp³-hybridized carbons (Fsp3) is 0.300. The second-order valence-electron chi connectivity index (χ2n) is 7.37. The lowest BCUT2D eigenvalue weighted by molar-refractivity contribution is -0.385. The number of nitrogens with one attached hydrogen (secondary N) is 2. The third kappa shape index (κ3) is 3.40. The minimum atomic E-state index is -0.648. The number of piperidine rings is 1. The average Bonchev–Trinajstić information content (AvgIpc) is 2.68. The lowest BCUT2D eigenvalue weighted by Gasteiger charge is -2.46. The quantitative estimate of drug-likeness (QED) is 0.579. The van der Waals surface area contributed by atoms with Gasteiger partial charge in [-0.3, -0.25) is 19.7 Å². The summed E-state index contributed by atoms with van der Waals surface area (Å²) in [5.74, 6) is -0.494. The number of hydrogen-bond acceptors (Lipinski definition) is 5. The number of anilines is 1. The van der Waals surface area contributed by atoms with Crippen LogP contribution in [0, 0.1) is 17.0 Å². The smallest absolute Gasteiger partial charge is 0.273 e. The Bertz CT molecular complexity index is 1030. The van der Waals surface area contributed by atoms with Gasteiger partial charge in [-0.1, -0.05) is 23.7 Å². The number of fused-ring (bicyclic) bond motifs is 1. The summed E-state index contributed by atoms with van der Waals surface area (Å²) in [4.78, 5) is 37.7. The summed E-state index contributed by atoms with van der Waals surface area (Å²) in [6, 6.07) is 9.77. The predicted molar refractivity (Wildman–Crippen MR) is 108 cm³/mol. The number of nitro groups is 1. The van der Waals surface area contributed by atoms with E-state index in [1.807, 2.05) is 6.07 Å². The van der Waals surface area contributed by atoms with Gasteiger partial charge in [0.2, 0.25) is 0 Å². The summed E-state index contributed by atoms with van der Waals surface area (Å²) in [6.45, 7) is 2.45. The van der Waals surface area contributed by atoms with E-state index in [-0.39, 0.29) is 23.1 Å². The van der Waals surface area contributed by atoms with Gasteiger partial charge in [0.15, 0.2) is 0 Å². The molecule has 0 saturated carbocycles. The maximum absolute atomic E-state index is 12.8. The predicted octanol–water partition coefficient (Wildman–Crippen LogP) is 3.34. The van der Waals surface area contributed by atoms with Crippen molar-refractivity contribution in [2.75, 3.05) is 18.4 Å². The molecule has 0 unspecified atom stereocenters. The Labute approximate surface area is 172 Å². The average molecular weight is 415 g/mol. The van der Waals surface area contributed by atoms with Crippen LogP contribution in [-0.4, -0.2) is 40.4 Å². The van der Waals surface area contributed by atoms with Crippen LogP contribution >= 0.6 is 11.6 Å². The number of rotatable bonds is 2. The van der Waals surface area contributed by atoms with E-state index in [1.165, 1.54) is 6.07 Å². The van der Waals surface area contributed by atoms with Crippen molar-refractivity contribution >= 4 is 34.8 Å². The van der Waals surface area contributed by atoms with Gasteiger partial charge >= 0.3 is 0 Å². The molecule has 1 fully saturated rings. The summed E-state index contributed by atoms with van der Waals surface area (Å²) < 4.78 is 0. The fourth-order valence-electron chi connectivity index (χ4n) is 3.89. The topological polar surface area (TPSA) is 105 Å². The monoisotopic (exact) mass is 414 g/mol. The summed E-state index contributed by atoms with van der Waals surface area (Å²) >= 11 is 6.14. The Hall–Kier alpha value is -3.13. The maximum atomic E-state index is 12.8. The van der Waals surface area contributed by atoms with Crippen molar-refractivity contribution in [2.45, 2.75) is 25.4 Å². The number of nitrogens with zero attached hydrogens (tertiary/aromatic N) is 2. The second kappa shape index (κ2) is 7.04. The molecule has 1 spiro atoms. The Kier molecular flexibility index (Phi) is 4.66. The largest absolute Gasteiger partial charge is 0.362 e. The number of likely N-dealkylation sites (tertiary alicyclic amines) is 1. The third-order valence-electron chi connectivity index (χ3n) is 5.52. The number of carbonyl (C=O) groups excluding carboxylic acids is 2. The molecule has 8 nitrogen and oxygen atoms in total. The summed E-state index contributed by atoms with van der Waals surface area (Å²) in [6.07, 6.45) is 1.01. The molecule has 2 aromatic rings. The molecule has 0 aliphatic carbocycles. The standard InChI is InChI=1S/C20H19ClN4O4/c1-12-5-6-13(11-16(12)25(28)29)19(27)24-9-7-20(8-10-24)22-15-4-2-3-14(21)17(15)18(26)23-20/h2-6,11,22H,7-10H2,1H3,(H,23,26). The Morgan fingerprint density at radius 1 is 1.21 bits per heavy atom. The van der Waals surface area contributed by atoms with E-state index >= 15 is 0 Å². The SMILES string of the molecule is Cc1ccc(C(=O)N2CCC3(CC2)NC(=O)c2c(Cl)cccc2N3)cc1[N+](=O)[O-]. The van der Waals surface area contributed by atoms with Gasteiger partial charge in [0, 0.05) is 43.1 Å². The molecule has 2 aliphatic rings. The van der Waals surface area contributed by atoms with E-state index < -0.39 is 10.6 Å². The molecule has 0 bridgehead atoms. The van der Waals surface area contributed by atoms with Gasteiger partial charge < -0.3 is 15.5 Å². The molecular formula is C20H19ClN4O4. The highest BCUT2D eigenvalue weighted by atomic mass is 35.5. The fourth-order valence-corrected chi connectivity index (χ4v) is 4.15. The van der Waals surface area contributed by atoms with Crippen LogP contribution in [0.2, 0.25) is 5.02 Å². The van der Waals surface area contributed by atoms with Crippen molar-refractivity contribution < 1.29 is 14.5 Å². The van der Waals surface area contributed by atoms with Gasteiger partial charge in [-0.25, -0.2) is 0 Å². The van der Waals surface area contributed by atoms with E-state index in [2.05, 4.69) is 10.6 Å². The minimum absolute atomic E-state index is 0.0703. The molecule has 29 heavy (non-hydrogen) atoms. The van der Waals surface area contributed by atoms with E-state index in [0.29, 0.717) is 47.8 Å². The molecule has 2 heterocycles. The Morgan fingerprint density at radius 2 is 1.93 bits per heavy atom. The molecule has 2 aromatic carbocycles. The van der Waals surface area contributed by atoms with Gasteiger partial charge in [0.25, 0.3) is 17.5 Å². The van der Waals surface area contributed by atoms with Gasteiger partial charge in [-0.2, -0.15) is 0 Å². The molecule has 150 valence electrons. The van der Waals surface area contributed by atoms with Crippen molar-refractivity contribution in [3.8, 4) is 0 Å². The van der Waals surface area contributed by atoms with Crippen LogP contribution in [0.4, 0.5) is 11.4 Å². The molecular weight excluding hydrogens is 396 g/mol. The van der Waals surface area contributed by atoms with Crippen molar-refractivity contribution in [1.82, 2.24) is 10.2 Å². The molecule has 4 rings (SSSR count). The summed E-state index contributed by atoms with van der Waals surface area (Å²) in [5.41, 5.74) is 1.18. The zero-order valence-corrected chi connectivity index (χ0v) is 16.5. The molecule has 2 amide bonds. The van der Waals surface area contributed by atoms with Gasteiger partial charge in [-0.15, -0.1) is 0 Å². The summed E-state index contributed by atoms with van der Waals surface area (Å²) in [7, 11) is 0. The van der Waals surface area contributed by atoms with Crippen LogP contribution in [-0.2, 0) is 0 Å². The first-order valence-corrected chi connectivity index (χ1v) is 9.61. The first-order valence-electron chi connectivity index (χ1n) is 9.23. The zero-order chi connectivity index (χ0) is 20.8. The van der Waals surface area contributed by atoms with Crippen molar-refractivity contribution in [2.24, 2.45) is 0 Å². The highest BCUT2D eigenvalue weighted by molar-refractivity contribution is 6.34. The van der Waals surface area contributed by atoms with Crippen molar-refractivity contribution in [1.29, 1.82) is 0 Å². The van der Waals surface area contributed by atoms with Gasteiger partial charge in [-0.05, 0) is 25.1 Å². The van der Waals surface area contributed by atoms with Gasteiger partial charge in [0.05, 0.1) is 21.2 Å². The molecule has 0 atom stereocenters. The number of aryl methyl sites for hydroxylation is 1. The minimum Gasteiger partial charge on any atom is -0.362 e. The van der Waals surface area contributed by atoms with Gasteiger partial charge in [0.1, 0.15) is 5.66 Å². The normalized spacial score (nSPS) is 17.3. The lowest BCUT2D eigenvalue weighted by Crippen LogP contribution is -2.62. The van der Waals surface area contributed by atoms with Crippen LogP contribution in [0.25, 0.3) is 0 Å². The van der Waals surface area contributed by atoms with Crippen LogP contribution in [0.5, 0.6) is 0 Å². The lowest BCUT2D eigenvalue weighted by atomic mass is 9.92. The summed E-state index contributed by atoms with van der Waals surface area (Å²) in [5, 5.41) is 17.9. The van der Waals surface area contributed by atoms with E-state index in [1.54, 1.807) is 36.1 Å². The molecule has 1 saturated heterocycles. The second-order valence-corrected chi connectivity index (χ2v) is 7.78. The van der Waals surface area contributed by atoms with E-state index in [0.717, 1.165) is 0 Å². The van der Waals surface area contributed by atoms with Crippen molar-refractivity contribution in [3.05, 3.63) is 68.2 Å². The highest BCUT2D eigenvalue weighted by Gasteiger charge is 2.41. The van der Waals surface area contributed by atoms with Crippen molar-refractivity contribution in [3.63, 3.8) is 0 Å². The number of hydrogen-bond donors (Lipinski definition) is 2. The number of amides is 2. The van der Waals surface area contributed by atoms with Crippen LogP contribution in [0.3, 0.4) is 0 Å². The van der Waals surface area contributed by atoms with Crippen LogP contribution in [0.15, 0.2) is 36.4 Å². The molecule has 0 aromatic heterocycles. The first-order chi connectivity index (χ1) is 13.8. The number of nitro benzene ring substituents is 1. The first kappa shape index (κ1) is 19.2. The number of carbonyl (C=O) groups is 2. The van der Waals surface area contributed by atoms with E-state index in [9.17, 15) is 19.7 Å². The molecule has 9 heteroatoms. The maximum Gasteiger partial charge on any atom is 0.273 e. The van der Waals surface area contributed by atoms with E-state index in [4.69, 9.17) is 11.6 Å². The highest BCUT2D eigenvalue weighted by Crippen LogP contribution is 2.35. The van der Waals surface area contributed by atoms with Crippen LogP contribution < -0.4 is 10.6 Å². The number of benzene rings is 2. The zero-order valence-electron chi connectivity index (χ0n) is 15.7. The number of halogens is 1. The van der Waals surface area contributed by atoms with Crippen LogP contribution in [0.1, 0.15) is 39.1 Å². The molecule has 0 radical (unpaired) electrons. The molecule has 2 aliphatic heterocycles. The molecule has 2 N–H and O–H groups in total. The Balaban J connectivity index is 1.50. The Morgan fingerprint density at radius 3 is 2.62 bits per heavy atom.